The fourth-order valence-corrected chi connectivity index (χ4v) is 7.01. The van der Waals surface area contributed by atoms with Crippen LogP contribution >= 0.6 is 11.8 Å². The molecule has 0 saturated carbocycles. The largest absolute Gasteiger partial charge is 0.387 e. The number of hydrogen-bond donors (Lipinski definition) is 6. The highest BCUT2D eigenvalue weighted by atomic mass is 32.2. The number of rotatable bonds is 9. The van der Waals surface area contributed by atoms with Crippen LogP contribution in [0.15, 0.2) is 23.6 Å². The molecule has 6 rings (SSSR count). The molecule has 2 aliphatic heterocycles. The van der Waals surface area contributed by atoms with Crippen LogP contribution in [0.3, 0.4) is 0 Å². The number of nitrogens with one attached hydrogen (secondary N) is 2. The molecule has 2 fully saturated rings. The van der Waals surface area contributed by atoms with Crippen LogP contribution in [-0.2, 0) is 16.0 Å². The minimum absolute atomic E-state index is 0.0761. The number of unbranched alkanes of at least 4 members (excludes halogenated alkanes) is 1. The van der Waals surface area contributed by atoms with E-state index in [9.17, 15) is 19.8 Å². The Balaban J connectivity index is 0.932. The topological polar surface area (TPSA) is 227 Å². The fraction of sp³-hybridized carbons (Fsp3) is 0.538. The average molecular weight is 599 g/mol. The number of anilines is 2. The van der Waals surface area contributed by atoms with Crippen LogP contribution < -0.4 is 17.0 Å². The molecule has 0 spiro atoms. The molecule has 0 aliphatic carbocycles. The van der Waals surface area contributed by atoms with Crippen molar-refractivity contribution in [3.63, 3.8) is 0 Å². The van der Waals surface area contributed by atoms with E-state index in [2.05, 4.69) is 29.9 Å². The van der Waals surface area contributed by atoms with E-state index in [1.165, 1.54) is 12.7 Å². The summed E-state index contributed by atoms with van der Waals surface area (Å²) in [6.45, 7) is 1.37. The van der Waals surface area contributed by atoms with Crippen molar-refractivity contribution >= 4 is 51.6 Å². The summed E-state index contributed by atoms with van der Waals surface area (Å²) < 4.78 is 7.63. The fourth-order valence-electron chi connectivity index (χ4n) is 5.72. The van der Waals surface area contributed by atoms with E-state index in [0.717, 1.165) is 31.2 Å². The van der Waals surface area contributed by atoms with Crippen molar-refractivity contribution in [3.05, 3.63) is 34.8 Å². The van der Waals surface area contributed by atoms with Crippen LogP contribution in [0.4, 0.5) is 11.8 Å². The van der Waals surface area contributed by atoms with Crippen molar-refractivity contribution in [2.75, 3.05) is 30.3 Å². The number of aryl methyl sites for hydroxylation is 1. The number of carbonyl (C=O) groups is 1. The highest BCUT2D eigenvalue weighted by Gasteiger charge is 2.44. The molecule has 1 amide bonds. The first-order chi connectivity index (χ1) is 20.3. The van der Waals surface area contributed by atoms with Gasteiger partial charge in [-0.1, -0.05) is 0 Å². The number of fused-ring (bicyclic) bond motifs is 2. The average Bonchev–Trinajstić information content (AvgIpc) is 3.67. The van der Waals surface area contributed by atoms with Crippen LogP contribution in [-0.4, -0.2) is 97.9 Å². The molecule has 1 unspecified atom stereocenters. The Labute approximate surface area is 244 Å². The van der Waals surface area contributed by atoms with Gasteiger partial charge in [-0.05, 0) is 37.7 Å². The van der Waals surface area contributed by atoms with Gasteiger partial charge < -0.3 is 36.3 Å². The van der Waals surface area contributed by atoms with Gasteiger partial charge in [0.1, 0.15) is 29.7 Å². The molecule has 0 radical (unpaired) electrons. The highest BCUT2D eigenvalue weighted by Crippen LogP contribution is 2.35. The van der Waals surface area contributed by atoms with Crippen LogP contribution in [0.2, 0.25) is 0 Å². The first-order valence-electron chi connectivity index (χ1n) is 14.0. The summed E-state index contributed by atoms with van der Waals surface area (Å²) in [5, 5.41) is 22.2. The van der Waals surface area contributed by atoms with E-state index in [1.807, 2.05) is 4.90 Å². The molecule has 4 atom stereocenters. The molecule has 224 valence electrons. The van der Waals surface area contributed by atoms with Crippen molar-refractivity contribution in [2.24, 2.45) is 0 Å². The van der Waals surface area contributed by atoms with Gasteiger partial charge >= 0.3 is 0 Å². The first-order valence-corrected chi connectivity index (χ1v) is 15.0. The number of aliphatic hydroxyl groups excluding tert-OH is 2. The number of hydrogen-bond acceptors (Lipinski definition) is 12. The van der Waals surface area contributed by atoms with Crippen molar-refractivity contribution in [1.82, 2.24) is 39.4 Å². The van der Waals surface area contributed by atoms with Crippen molar-refractivity contribution in [3.8, 4) is 0 Å². The van der Waals surface area contributed by atoms with Gasteiger partial charge in [0.05, 0.1) is 17.8 Å². The Bertz CT molecular complexity index is 1630. The number of nitrogen functional groups attached to an aromatic ring is 2. The molecule has 4 aromatic heterocycles. The highest BCUT2D eigenvalue weighted by molar-refractivity contribution is 7.99. The summed E-state index contributed by atoms with van der Waals surface area (Å²) in [5.74, 6) is 0.959. The van der Waals surface area contributed by atoms with Crippen LogP contribution in [0, 0.1) is 0 Å². The van der Waals surface area contributed by atoms with Gasteiger partial charge in [0.25, 0.3) is 5.56 Å². The van der Waals surface area contributed by atoms with Gasteiger partial charge in [0.2, 0.25) is 11.9 Å². The van der Waals surface area contributed by atoms with E-state index < -0.39 is 24.5 Å². The third-order valence-electron chi connectivity index (χ3n) is 8.02. The molecule has 16 heteroatoms. The lowest BCUT2D eigenvalue weighted by atomic mass is 10.1. The van der Waals surface area contributed by atoms with E-state index in [-0.39, 0.29) is 23.2 Å². The van der Waals surface area contributed by atoms with Crippen LogP contribution in [0.1, 0.15) is 43.9 Å². The van der Waals surface area contributed by atoms with E-state index in [4.69, 9.17) is 16.2 Å². The summed E-state index contributed by atoms with van der Waals surface area (Å²) in [5.41, 5.74) is 13.4. The lowest BCUT2D eigenvalue weighted by Crippen LogP contribution is -2.39. The molecule has 4 aromatic rings. The number of H-pyrrole nitrogens is 2. The summed E-state index contributed by atoms with van der Waals surface area (Å²) in [6, 6.07) is 0. The molecule has 0 aromatic carbocycles. The lowest BCUT2D eigenvalue weighted by Gasteiger charge is -2.32. The standard InChI is InChI=1S/C26H34N10O5S/c27-21-18-23(31-11-30-21)36(12-32-18)25-20(39)19(38)15(41-25)10-42-14-5-7-35(8-6-14)16(37)4-2-1-3-13-9-29-22-17(13)24(40)34-26(28)33-22/h9,11-12,14-15,19-20,25,38-39H,1-8,10H2,(H2,27,30,31)(H4,28,29,33,34,40)/t15-,19?,20+,25-/m1/s1. The number of carbonyl (C=O) groups excluding carboxylic acids is 1. The van der Waals surface area contributed by atoms with Crippen molar-refractivity contribution in [1.29, 1.82) is 0 Å². The molecule has 15 nitrogen and oxygen atoms in total. The third-order valence-corrected chi connectivity index (χ3v) is 9.48. The predicted octanol–water partition coefficient (Wildman–Crippen LogP) is 0.312. The number of imidazole rings is 1. The van der Waals surface area contributed by atoms with Gasteiger partial charge in [-0.15, -0.1) is 0 Å². The molecular weight excluding hydrogens is 564 g/mol. The lowest BCUT2D eigenvalue weighted by molar-refractivity contribution is -0.132. The molecule has 42 heavy (non-hydrogen) atoms. The number of amides is 1. The van der Waals surface area contributed by atoms with Crippen LogP contribution in [0.5, 0.6) is 0 Å². The monoisotopic (exact) mass is 598 g/mol. The molecule has 6 heterocycles. The zero-order valence-electron chi connectivity index (χ0n) is 22.8. The number of aromatic amines is 2. The van der Waals surface area contributed by atoms with Gasteiger partial charge in [0, 0.05) is 36.7 Å². The Morgan fingerprint density at radius 1 is 1.14 bits per heavy atom. The van der Waals surface area contributed by atoms with Gasteiger partial charge in [-0.25, -0.2) is 15.0 Å². The van der Waals surface area contributed by atoms with Gasteiger partial charge in [0.15, 0.2) is 17.7 Å². The van der Waals surface area contributed by atoms with E-state index >= 15 is 0 Å². The van der Waals surface area contributed by atoms with E-state index in [1.54, 1.807) is 22.5 Å². The molecule has 8 N–H and O–H groups in total. The minimum Gasteiger partial charge on any atom is -0.387 e. The number of likely N-dealkylation sites (tertiary alicyclic amines) is 1. The molecule has 0 bridgehead atoms. The Morgan fingerprint density at radius 2 is 1.95 bits per heavy atom. The second kappa shape index (κ2) is 11.9. The second-order valence-corrected chi connectivity index (χ2v) is 12.1. The Morgan fingerprint density at radius 3 is 2.76 bits per heavy atom. The Kier molecular flexibility index (Phi) is 8.02. The van der Waals surface area contributed by atoms with Crippen molar-refractivity contribution < 1.29 is 19.7 Å². The number of ether oxygens (including phenoxy) is 1. The van der Waals surface area contributed by atoms with Gasteiger partial charge in [-0.2, -0.15) is 16.7 Å². The normalized spacial score (nSPS) is 23.3. The SMILES string of the molecule is Nc1nc2[nH]cc(CCCCC(=O)N3CCC(SC[C@H]4O[C@@H](n5cnc6c(N)ncnc65)[C@@H](O)C4O)CC3)c2c(=O)[nH]1. The van der Waals surface area contributed by atoms with Gasteiger partial charge in [-0.3, -0.25) is 19.1 Å². The van der Waals surface area contributed by atoms with E-state index in [0.29, 0.717) is 59.1 Å². The number of piperidine rings is 1. The third kappa shape index (κ3) is 5.54. The maximum atomic E-state index is 12.8. The summed E-state index contributed by atoms with van der Waals surface area (Å²) in [7, 11) is 0. The molecule has 2 saturated heterocycles. The second-order valence-electron chi connectivity index (χ2n) is 10.7. The minimum atomic E-state index is -1.14. The summed E-state index contributed by atoms with van der Waals surface area (Å²) in [6.07, 6.45) is 5.32. The van der Waals surface area contributed by atoms with Crippen LogP contribution in [0.25, 0.3) is 22.2 Å². The maximum Gasteiger partial charge on any atom is 0.262 e. The quantitative estimate of drug-likeness (QED) is 0.143. The first kappa shape index (κ1) is 28.4. The maximum absolute atomic E-state index is 12.8. The zero-order valence-corrected chi connectivity index (χ0v) is 23.7. The Hall–Kier alpha value is -3.73. The number of thioether (sulfide) groups is 1. The molecule has 2 aliphatic rings. The predicted molar refractivity (Wildman–Crippen MR) is 156 cm³/mol. The number of nitrogens with two attached hydrogens (primary N) is 2. The van der Waals surface area contributed by atoms with Crippen molar-refractivity contribution in [2.45, 2.75) is 68.3 Å². The smallest absolute Gasteiger partial charge is 0.262 e. The number of aromatic nitrogens is 7. The summed E-state index contributed by atoms with van der Waals surface area (Å²) >= 11 is 1.69. The zero-order chi connectivity index (χ0) is 29.4. The number of aliphatic hydroxyl groups is 2. The molecular formula is C26H34N10O5S. The number of nitrogens with zero attached hydrogens (tertiary/aromatic N) is 6. The summed E-state index contributed by atoms with van der Waals surface area (Å²) in [4.78, 5) is 48.9.